The monoisotopic (exact) mass is 235 g/mol. The van der Waals surface area contributed by atoms with Crippen molar-refractivity contribution in [3.05, 3.63) is 35.2 Å². The summed E-state index contributed by atoms with van der Waals surface area (Å²) in [5, 5.41) is 10.4. The van der Waals surface area contributed by atoms with Crippen molar-refractivity contribution in [1.82, 2.24) is 0 Å². The van der Waals surface area contributed by atoms with Crippen LogP contribution in [0, 0.1) is 0 Å². The van der Waals surface area contributed by atoms with Crippen LogP contribution in [0.25, 0.3) is 10.1 Å². The number of benzene rings is 1. The molecule has 1 aromatic carbocycles. The Bertz CT molecular complexity index is 446. The highest BCUT2D eigenvalue weighted by Gasteiger charge is 2.26. The zero-order valence-corrected chi connectivity index (χ0v) is 10.3. The summed E-state index contributed by atoms with van der Waals surface area (Å²) in [6, 6.07) is 10.5. The number of hydrogen-bond acceptors (Lipinski definition) is 3. The molecule has 2 nitrogen and oxygen atoms in total. The van der Waals surface area contributed by atoms with Crippen molar-refractivity contribution >= 4 is 21.4 Å². The molecule has 2 aromatic rings. The highest BCUT2D eigenvalue weighted by molar-refractivity contribution is 7.19. The summed E-state index contributed by atoms with van der Waals surface area (Å²) in [6.45, 7) is 2.87. The Labute approximate surface area is 99.7 Å². The van der Waals surface area contributed by atoms with Gasteiger partial charge in [-0.25, -0.2) is 0 Å². The molecule has 0 radical (unpaired) electrons. The summed E-state index contributed by atoms with van der Waals surface area (Å²) in [7, 11) is 0. The number of fused-ring (bicyclic) bond motifs is 1. The lowest BCUT2D eigenvalue weighted by atomic mass is 9.85. The van der Waals surface area contributed by atoms with Crippen LogP contribution in [-0.2, 0) is 5.41 Å². The first-order valence-electron chi connectivity index (χ1n) is 5.49. The normalized spacial score (nSPS) is 15.2. The Morgan fingerprint density at radius 1 is 1.38 bits per heavy atom. The van der Waals surface area contributed by atoms with E-state index in [-0.39, 0.29) is 12.0 Å². The molecule has 0 saturated heterocycles. The van der Waals surface area contributed by atoms with Gasteiger partial charge >= 0.3 is 0 Å². The van der Waals surface area contributed by atoms with Gasteiger partial charge in [0.25, 0.3) is 0 Å². The van der Waals surface area contributed by atoms with Gasteiger partial charge in [-0.1, -0.05) is 25.1 Å². The summed E-state index contributed by atoms with van der Waals surface area (Å²) in [4.78, 5) is 1.27. The highest BCUT2D eigenvalue weighted by Crippen LogP contribution is 2.35. The topological polar surface area (TPSA) is 46.2 Å². The summed E-state index contributed by atoms with van der Waals surface area (Å²) in [5.74, 6) is 0. The van der Waals surface area contributed by atoms with Gasteiger partial charge < -0.3 is 10.8 Å². The number of aliphatic hydroxyl groups excluding tert-OH is 1. The van der Waals surface area contributed by atoms with Gasteiger partial charge in [0.1, 0.15) is 0 Å². The lowest BCUT2D eigenvalue weighted by molar-refractivity contribution is 0.248. The highest BCUT2D eigenvalue weighted by atomic mass is 32.1. The van der Waals surface area contributed by atoms with E-state index in [2.05, 4.69) is 31.2 Å². The van der Waals surface area contributed by atoms with Crippen LogP contribution in [0.5, 0.6) is 0 Å². The molecule has 0 aliphatic heterocycles. The Morgan fingerprint density at radius 3 is 2.75 bits per heavy atom. The second kappa shape index (κ2) is 4.53. The van der Waals surface area contributed by atoms with Crippen molar-refractivity contribution in [2.24, 2.45) is 5.73 Å². The van der Waals surface area contributed by atoms with E-state index in [4.69, 9.17) is 10.8 Å². The Balaban J connectivity index is 2.45. The van der Waals surface area contributed by atoms with Crippen molar-refractivity contribution in [3.8, 4) is 0 Å². The van der Waals surface area contributed by atoms with Crippen molar-refractivity contribution in [2.75, 3.05) is 13.2 Å². The van der Waals surface area contributed by atoms with Crippen LogP contribution in [0.1, 0.15) is 18.2 Å². The molecule has 16 heavy (non-hydrogen) atoms. The Morgan fingerprint density at radius 2 is 2.12 bits per heavy atom. The third kappa shape index (κ3) is 1.98. The first-order valence-corrected chi connectivity index (χ1v) is 6.31. The Hall–Kier alpha value is -0.900. The fraction of sp³-hybridized carbons (Fsp3) is 0.385. The zero-order chi connectivity index (χ0) is 11.6. The molecule has 0 aliphatic carbocycles. The van der Waals surface area contributed by atoms with Gasteiger partial charge in [-0.05, 0) is 23.9 Å². The first kappa shape index (κ1) is 11.6. The molecule has 1 atom stereocenters. The van der Waals surface area contributed by atoms with Crippen molar-refractivity contribution in [1.29, 1.82) is 0 Å². The number of hydrogen-bond donors (Lipinski definition) is 2. The van der Waals surface area contributed by atoms with Gasteiger partial charge in [0.05, 0.1) is 0 Å². The van der Waals surface area contributed by atoms with E-state index in [9.17, 15) is 0 Å². The van der Waals surface area contributed by atoms with Crippen LogP contribution < -0.4 is 5.73 Å². The van der Waals surface area contributed by atoms with Gasteiger partial charge in [0, 0.05) is 28.1 Å². The van der Waals surface area contributed by atoms with Crippen molar-refractivity contribution in [3.63, 3.8) is 0 Å². The molecule has 1 aromatic heterocycles. The van der Waals surface area contributed by atoms with E-state index in [1.54, 1.807) is 11.3 Å². The van der Waals surface area contributed by atoms with Gasteiger partial charge in [0.15, 0.2) is 0 Å². The maximum atomic E-state index is 9.12. The molecule has 0 aliphatic rings. The number of rotatable bonds is 4. The molecule has 3 N–H and O–H groups in total. The van der Waals surface area contributed by atoms with Crippen LogP contribution in [0.2, 0.25) is 0 Å². The summed E-state index contributed by atoms with van der Waals surface area (Å²) >= 11 is 1.78. The van der Waals surface area contributed by atoms with Crippen LogP contribution in [0.4, 0.5) is 0 Å². The molecule has 2 rings (SSSR count). The fourth-order valence-corrected chi connectivity index (χ4v) is 3.10. The maximum Gasteiger partial charge on any atom is 0.0440 e. The molecule has 3 heteroatoms. The van der Waals surface area contributed by atoms with Crippen LogP contribution in [0.3, 0.4) is 0 Å². The lowest BCUT2D eigenvalue weighted by Gasteiger charge is -2.25. The van der Waals surface area contributed by atoms with E-state index in [0.29, 0.717) is 6.54 Å². The van der Waals surface area contributed by atoms with Gasteiger partial charge in [-0.3, -0.25) is 0 Å². The van der Waals surface area contributed by atoms with Gasteiger partial charge in [-0.2, -0.15) is 0 Å². The summed E-state index contributed by atoms with van der Waals surface area (Å²) < 4.78 is 1.29. The minimum Gasteiger partial charge on any atom is -0.396 e. The fourth-order valence-electron chi connectivity index (χ4n) is 1.85. The second-order valence-corrected chi connectivity index (χ2v) is 5.47. The van der Waals surface area contributed by atoms with Crippen LogP contribution in [0.15, 0.2) is 30.3 Å². The molecule has 0 amide bonds. The van der Waals surface area contributed by atoms with E-state index < -0.39 is 0 Å². The quantitative estimate of drug-likeness (QED) is 0.855. The molecule has 0 fully saturated rings. The van der Waals surface area contributed by atoms with Crippen LogP contribution in [-0.4, -0.2) is 18.3 Å². The maximum absolute atomic E-state index is 9.12. The van der Waals surface area contributed by atoms with Crippen molar-refractivity contribution < 1.29 is 5.11 Å². The number of thiophene rings is 1. The third-order valence-electron chi connectivity index (χ3n) is 3.13. The van der Waals surface area contributed by atoms with Crippen LogP contribution >= 0.6 is 11.3 Å². The lowest BCUT2D eigenvalue weighted by Crippen LogP contribution is -2.31. The van der Waals surface area contributed by atoms with E-state index in [1.807, 2.05) is 6.07 Å². The molecular formula is C13H17NOS. The van der Waals surface area contributed by atoms with Gasteiger partial charge in [-0.15, -0.1) is 11.3 Å². The van der Waals surface area contributed by atoms with E-state index >= 15 is 0 Å². The third-order valence-corrected chi connectivity index (χ3v) is 4.56. The smallest absolute Gasteiger partial charge is 0.0440 e. The minimum atomic E-state index is -0.0988. The standard InChI is InChI=1S/C13H17NOS/c1-13(9-14,6-7-15)12-8-10-4-2-3-5-11(10)16-12/h2-5,8,15H,6-7,9,14H2,1H3. The zero-order valence-electron chi connectivity index (χ0n) is 9.44. The second-order valence-electron chi connectivity index (χ2n) is 4.39. The minimum absolute atomic E-state index is 0.0988. The predicted octanol–water partition coefficient (Wildman–Crippen LogP) is 2.50. The van der Waals surface area contributed by atoms with E-state index in [0.717, 1.165) is 6.42 Å². The molecule has 86 valence electrons. The first-order chi connectivity index (χ1) is 7.69. The molecule has 0 saturated carbocycles. The van der Waals surface area contributed by atoms with Crippen molar-refractivity contribution in [2.45, 2.75) is 18.8 Å². The predicted molar refractivity (Wildman–Crippen MR) is 69.9 cm³/mol. The molecule has 1 unspecified atom stereocenters. The average Bonchev–Trinajstić information content (AvgIpc) is 2.73. The number of aliphatic hydroxyl groups is 1. The summed E-state index contributed by atoms with van der Waals surface area (Å²) in [6.07, 6.45) is 0.719. The Kier molecular flexibility index (Phi) is 3.28. The molecule has 1 heterocycles. The molecule has 0 spiro atoms. The largest absolute Gasteiger partial charge is 0.396 e. The van der Waals surface area contributed by atoms with E-state index in [1.165, 1.54) is 15.0 Å². The molecular weight excluding hydrogens is 218 g/mol. The average molecular weight is 235 g/mol. The molecule has 0 bridgehead atoms. The van der Waals surface area contributed by atoms with Gasteiger partial charge in [0.2, 0.25) is 0 Å². The number of nitrogens with two attached hydrogens (primary N) is 1. The SMILES string of the molecule is CC(CN)(CCO)c1cc2ccccc2s1. The summed E-state index contributed by atoms with van der Waals surface area (Å²) in [5.41, 5.74) is 5.74.